The largest absolute Gasteiger partial charge is 0.481 e. The van der Waals surface area contributed by atoms with Crippen molar-refractivity contribution in [3.05, 3.63) is 0 Å². The highest BCUT2D eigenvalue weighted by Crippen LogP contribution is 2.40. The van der Waals surface area contributed by atoms with E-state index < -0.39 is 5.97 Å². The van der Waals surface area contributed by atoms with E-state index in [1.807, 2.05) is 13.8 Å². The lowest BCUT2D eigenvalue weighted by molar-refractivity contribution is -0.149. The van der Waals surface area contributed by atoms with Crippen molar-refractivity contribution in [2.24, 2.45) is 11.3 Å². The van der Waals surface area contributed by atoms with Gasteiger partial charge in [0.2, 0.25) is 0 Å². The zero-order valence-corrected chi connectivity index (χ0v) is 7.58. The van der Waals surface area contributed by atoms with Crippen LogP contribution < -0.4 is 0 Å². The van der Waals surface area contributed by atoms with E-state index in [9.17, 15) is 9.90 Å². The number of aliphatic carboxylic acids is 1. The molecule has 12 heavy (non-hydrogen) atoms. The Morgan fingerprint density at radius 1 is 1.42 bits per heavy atom. The molecule has 70 valence electrons. The molecule has 0 aliphatic heterocycles. The molecule has 2 atom stereocenters. The zero-order chi connectivity index (χ0) is 9.35. The molecule has 1 rings (SSSR count). The highest BCUT2D eigenvalue weighted by atomic mass is 16.4. The second-order valence-corrected chi connectivity index (χ2v) is 4.31. The van der Waals surface area contributed by atoms with Crippen LogP contribution in [0.5, 0.6) is 0 Å². The number of aliphatic hydroxyl groups is 1. The van der Waals surface area contributed by atoms with Crippen LogP contribution in [0, 0.1) is 11.3 Å². The van der Waals surface area contributed by atoms with Crippen LogP contribution in [0.2, 0.25) is 0 Å². The number of hydrogen-bond donors (Lipinski definition) is 2. The summed E-state index contributed by atoms with van der Waals surface area (Å²) in [5, 5.41) is 18.2. The number of rotatable bonds is 1. The van der Waals surface area contributed by atoms with Crippen molar-refractivity contribution in [1.82, 2.24) is 0 Å². The molecule has 1 saturated carbocycles. The van der Waals surface area contributed by atoms with Crippen molar-refractivity contribution < 1.29 is 15.0 Å². The summed E-state index contributed by atoms with van der Waals surface area (Å²) in [5.74, 6) is -1.02. The number of aliphatic hydroxyl groups excluding tert-OH is 1. The maximum Gasteiger partial charge on any atom is 0.307 e. The van der Waals surface area contributed by atoms with E-state index in [4.69, 9.17) is 5.11 Å². The Hall–Kier alpha value is -0.570. The van der Waals surface area contributed by atoms with E-state index in [1.165, 1.54) is 0 Å². The fourth-order valence-electron chi connectivity index (χ4n) is 2.06. The Kier molecular flexibility index (Phi) is 2.42. The molecule has 1 aliphatic carbocycles. The molecule has 1 aliphatic rings. The predicted octanol–water partition coefficient (Wildman–Crippen LogP) is 1.26. The van der Waals surface area contributed by atoms with Gasteiger partial charge in [-0.05, 0) is 24.7 Å². The van der Waals surface area contributed by atoms with Crippen LogP contribution in [0.1, 0.15) is 33.1 Å². The molecule has 0 aromatic carbocycles. The van der Waals surface area contributed by atoms with Gasteiger partial charge in [-0.25, -0.2) is 0 Å². The van der Waals surface area contributed by atoms with E-state index in [1.54, 1.807) is 0 Å². The molecule has 0 aromatic rings. The summed E-state index contributed by atoms with van der Waals surface area (Å²) in [6.45, 7) is 3.82. The maximum absolute atomic E-state index is 10.8. The van der Waals surface area contributed by atoms with Crippen molar-refractivity contribution in [3.8, 4) is 0 Å². The highest BCUT2D eigenvalue weighted by molar-refractivity contribution is 5.71. The van der Waals surface area contributed by atoms with E-state index in [-0.39, 0.29) is 17.4 Å². The normalized spacial score (nSPS) is 34.6. The van der Waals surface area contributed by atoms with Gasteiger partial charge in [-0.1, -0.05) is 13.8 Å². The van der Waals surface area contributed by atoms with Crippen molar-refractivity contribution >= 4 is 5.97 Å². The fourth-order valence-corrected chi connectivity index (χ4v) is 2.06. The van der Waals surface area contributed by atoms with Gasteiger partial charge < -0.3 is 10.2 Å². The summed E-state index contributed by atoms with van der Waals surface area (Å²) in [7, 11) is 0. The minimum absolute atomic E-state index is 0.260. The minimum atomic E-state index is -0.730. The van der Waals surface area contributed by atoms with E-state index in [2.05, 4.69) is 0 Å². The summed E-state index contributed by atoms with van der Waals surface area (Å²) in [5.41, 5.74) is -0.260. The lowest BCUT2D eigenvalue weighted by Gasteiger charge is -2.38. The van der Waals surface area contributed by atoms with Gasteiger partial charge in [-0.2, -0.15) is 0 Å². The number of carboxylic acids is 1. The molecule has 0 bridgehead atoms. The SMILES string of the molecule is CC1(C)CC(O)CCC1C(=O)O. The Labute approximate surface area is 72.4 Å². The third kappa shape index (κ3) is 1.78. The van der Waals surface area contributed by atoms with E-state index in [0.717, 1.165) is 0 Å². The third-order valence-corrected chi connectivity index (χ3v) is 2.79. The summed E-state index contributed by atoms with van der Waals surface area (Å²) in [6.07, 6.45) is 1.52. The molecule has 3 nitrogen and oxygen atoms in total. The van der Waals surface area contributed by atoms with Crippen molar-refractivity contribution in [2.75, 3.05) is 0 Å². The summed E-state index contributed by atoms with van der Waals surface area (Å²) in [4.78, 5) is 10.8. The van der Waals surface area contributed by atoms with E-state index >= 15 is 0 Å². The Morgan fingerprint density at radius 3 is 2.42 bits per heavy atom. The third-order valence-electron chi connectivity index (χ3n) is 2.79. The summed E-state index contributed by atoms with van der Waals surface area (Å²) >= 11 is 0. The van der Waals surface area contributed by atoms with E-state index in [0.29, 0.717) is 19.3 Å². The topological polar surface area (TPSA) is 57.5 Å². The van der Waals surface area contributed by atoms with Gasteiger partial charge in [0.1, 0.15) is 0 Å². The number of hydrogen-bond acceptors (Lipinski definition) is 2. The Bertz CT molecular complexity index is 186. The minimum Gasteiger partial charge on any atom is -0.481 e. The fraction of sp³-hybridized carbons (Fsp3) is 0.889. The van der Waals surface area contributed by atoms with Gasteiger partial charge in [0.05, 0.1) is 12.0 Å². The molecule has 0 spiro atoms. The van der Waals surface area contributed by atoms with Crippen LogP contribution in [0.25, 0.3) is 0 Å². The van der Waals surface area contributed by atoms with Gasteiger partial charge in [0, 0.05) is 0 Å². The molecule has 0 heterocycles. The number of carbonyl (C=O) groups is 1. The number of carboxylic acid groups (broad SMARTS) is 1. The first kappa shape index (κ1) is 9.52. The Balaban J connectivity index is 2.70. The molecule has 1 fully saturated rings. The molecule has 0 saturated heterocycles. The molecule has 0 radical (unpaired) electrons. The van der Waals surface area contributed by atoms with Gasteiger partial charge in [-0.3, -0.25) is 4.79 Å². The van der Waals surface area contributed by atoms with Crippen LogP contribution >= 0.6 is 0 Å². The van der Waals surface area contributed by atoms with Gasteiger partial charge in [-0.15, -0.1) is 0 Å². The van der Waals surface area contributed by atoms with Crippen LogP contribution in [-0.4, -0.2) is 22.3 Å². The van der Waals surface area contributed by atoms with Gasteiger partial charge in [0.25, 0.3) is 0 Å². The average Bonchev–Trinajstić information content (AvgIpc) is 1.82. The molecule has 0 aromatic heterocycles. The maximum atomic E-state index is 10.8. The van der Waals surface area contributed by atoms with Crippen molar-refractivity contribution in [2.45, 2.75) is 39.2 Å². The first-order valence-electron chi connectivity index (χ1n) is 4.34. The summed E-state index contributed by atoms with van der Waals surface area (Å²) in [6, 6.07) is 0. The highest BCUT2D eigenvalue weighted by Gasteiger charge is 2.40. The molecule has 0 amide bonds. The van der Waals surface area contributed by atoms with Gasteiger partial charge >= 0.3 is 5.97 Å². The van der Waals surface area contributed by atoms with Crippen LogP contribution in [-0.2, 0) is 4.79 Å². The van der Waals surface area contributed by atoms with Gasteiger partial charge in [0.15, 0.2) is 0 Å². The molecule has 2 N–H and O–H groups in total. The van der Waals surface area contributed by atoms with Crippen molar-refractivity contribution in [1.29, 1.82) is 0 Å². The molecular weight excluding hydrogens is 156 g/mol. The lowest BCUT2D eigenvalue weighted by atomic mass is 9.68. The monoisotopic (exact) mass is 172 g/mol. The van der Waals surface area contributed by atoms with Crippen LogP contribution in [0.15, 0.2) is 0 Å². The smallest absolute Gasteiger partial charge is 0.307 e. The molecule has 3 heteroatoms. The predicted molar refractivity (Wildman–Crippen MR) is 44.8 cm³/mol. The molecule has 2 unspecified atom stereocenters. The second kappa shape index (κ2) is 3.05. The molecular formula is C9H16O3. The zero-order valence-electron chi connectivity index (χ0n) is 7.58. The standard InChI is InChI=1S/C9H16O3/c1-9(2)5-6(10)3-4-7(9)8(11)12/h6-7,10H,3-5H2,1-2H3,(H,11,12). The first-order chi connectivity index (χ1) is 5.43. The van der Waals surface area contributed by atoms with Crippen LogP contribution in [0.4, 0.5) is 0 Å². The van der Waals surface area contributed by atoms with Crippen LogP contribution in [0.3, 0.4) is 0 Å². The summed E-state index contributed by atoms with van der Waals surface area (Å²) < 4.78 is 0. The first-order valence-corrected chi connectivity index (χ1v) is 4.34. The average molecular weight is 172 g/mol. The Morgan fingerprint density at radius 2 is 2.00 bits per heavy atom. The quantitative estimate of drug-likeness (QED) is 0.626. The second-order valence-electron chi connectivity index (χ2n) is 4.31. The lowest BCUT2D eigenvalue weighted by Crippen LogP contribution is -2.38. The van der Waals surface area contributed by atoms with Crippen molar-refractivity contribution in [3.63, 3.8) is 0 Å².